The Hall–Kier alpha value is -1.03. The monoisotopic (exact) mass is 217 g/mol. The molecule has 0 saturated heterocycles. The Bertz CT molecular complexity index is 326. The molecule has 0 aliphatic carbocycles. The summed E-state index contributed by atoms with van der Waals surface area (Å²) in [6.45, 7) is 1.94. The van der Waals surface area contributed by atoms with Crippen molar-refractivity contribution in [2.75, 3.05) is 0 Å². The SMILES string of the molecule is CCCC(N)c1ccc(C(F)F)cc1F. The van der Waals surface area contributed by atoms with Crippen molar-refractivity contribution < 1.29 is 13.2 Å². The summed E-state index contributed by atoms with van der Waals surface area (Å²) >= 11 is 0. The van der Waals surface area contributed by atoms with Crippen LogP contribution in [0.1, 0.15) is 43.4 Å². The van der Waals surface area contributed by atoms with Gasteiger partial charge in [0.1, 0.15) is 5.82 Å². The van der Waals surface area contributed by atoms with Crippen LogP contribution in [0.25, 0.3) is 0 Å². The number of rotatable bonds is 4. The van der Waals surface area contributed by atoms with E-state index in [2.05, 4.69) is 0 Å². The van der Waals surface area contributed by atoms with Crippen LogP contribution >= 0.6 is 0 Å². The van der Waals surface area contributed by atoms with Gasteiger partial charge in [0.15, 0.2) is 0 Å². The summed E-state index contributed by atoms with van der Waals surface area (Å²) in [5, 5.41) is 0. The highest BCUT2D eigenvalue weighted by Crippen LogP contribution is 2.25. The molecule has 1 atom stereocenters. The molecule has 1 aromatic rings. The summed E-state index contributed by atoms with van der Waals surface area (Å²) in [7, 11) is 0. The molecule has 0 amide bonds. The largest absolute Gasteiger partial charge is 0.324 e. The van der Waals surface area contributed by atoms with Crippen molar-refractivity contribution in [3.05, 3.63) is 35.1 Å². The van der Waals surface area contributed by atoms with Gasteiger partial charge in [-0.15, -0.1) is 0 Å². The molecule has 0 aromatic heterocycles. The van der Waals surface area contributed by atoms with Gasteiger partial charge in [0, 0.05) is 17.2 Å². The lowest BCUT2D eigenvalue weighted by Crippen LogP contribution is -2.11. The molecule has 0 bridgehead atoms. The standard InChI is InChI=1S/C11H14F3N/c1-2-3-10(15)8-5-4-7(11(13)14)6-9(8)12/h4-6,10-11H,2-3,15H2,1H3. The maximum absolute atomic E-state index is 13.4. The van der Waals surface area contributed by atoms with E-state index in [1.165, 1.54) is 12.1 Å². The van der Waals surface area contributed by atoms with Gasteiger partial charge in [-0.05, 0) is 12.5 Å². The number of alkyl halides is 2. The van der Waals surface area contributed by atoms with Crippen LogP contribution in [0.4, 0.5) is 13.2 Å². The van der Waals surface area contributed by atoms with Crippen molar-refractivity contribution in [1.82, 2.24) is 0 Å². The average molecular weight is 217 g/mol. The number of halogens is 3. The van der Waals surface area contributed by atoms with Gasteiger partial charge in [-0.3, -0.25) is 0 Å². The summed E-state index contributed by atoms with van der Waals surface area (Å²) in [5.41, 5.74) is 5.71. The molecule has 4 heteroatoms. The lowest BCUT2D eigenvalue weighted by atomic mass is 10.0. The first kappa shape index (κ1) is 12.0. The van der Waals surface area contributed by atoms with Crippen LogP contribution in [0.2, 0.25) is 0 Å². The highest BCUT2D eigenvalue weighted by atomic mass is 19.3. The second-order valence-corrected chi connectivity index (χ2v) is 3.48. The van der Waals surface area contributed by atoms with E-state index in [0.717, 1.165) is 12.5 Å². The molecule has 1 aromatic carbocycles. The molecule has 1 unspecified atom stereocenters. The summed E-state index contributed by atoms with van der Waals surface area (Å²) in [5.74, 6) is -0.645. The zero-order valence-electron chi connectivity index (χ0n) is 8.51. The van der Waals surface area contributed by atoms with E-state index >= 15 is 0 Å². The summed E-state index contributed by atoms with van der Waals surface area (Å²) in [6.07, 6.45) is -1.17. The van der Waals surface area contributed by atoms with Gasteiger partial charge < -0.3 is 5.73 Å². The Balaban J connectivity index is 2.92. The maximum atomic E-state index is 13.4. The minimum absolute atomic E-state index is 0.306. The Labute approximate surface area is 87.1 Å². The lowest BCUT2D eigenvalue weighted by Gasteiger charge is -2.12. The van der Waals surface area contributed by atoms with E-state index in [1.54, 1.807) is 0 Å². The Morgan fingerprint density at radius 2 is 2.00 bits per heavy atom. The Morgan fingerprint density at radius 1 is 1.33 bits per heavy atom. The molecule has 0 spiro atoms. The van der Waals surface area contributed by atoms with Crippen molar-refractivity contribution in [2.24, 2.45) is 5.73 Å². The molecule has 84 valence electrons. The molecule has 1 rings (SSSR count). The number of nitrogens with two attached hydrogens (primary N) is 1. The first-order valence-electron chi connectivity index (χ1n) is 4.89. The summed E-state index contributed by atoms with van der Waals surface area (Å²) in [4.78, 5) is 0. The van der Waals surface area contributed by atoms with Crippen LogP contribution in [0.3, 0.4) is 0 Å². The van der Waals surface area contributed by atoms with E-state index in [9.17, 15) is 13.2 Å². The minimum atomic E-state index is -2.64. The first-order chi connectivity index (χ1) is 7.06. The quantitative estimate of drug-likeness (QED) is 0.819. The van der Waals surface area contributed by atoms with Crippen LogP contribution < -0.4 is 5.73 Å². The third-order valence-electron chi connectivity index (χ3n) is 2.28. The molecule has 2 N–H and O–H groups in total. The molecule has 0 aliphatic rings. The van der Waals surface area contributed by atoms with Crippen LogP contribution in [0.5, 0.6) is 0 Å². The molecule has 0 aliphatic heterocycles. The molecule has 15 heavy (non-hydrogen) atoms. The molecule has 0 fully saturated rings. The van der Waals surface area contributed by atoms with Gasteiger partial charge in [-0.2, -0.15) is 0 Å². The number of hydrogen-bond acceptors (Lipinski definition) is 1. The van der Waals surface area contributed by atoms with Gasteiger partial charge in [0.2, 0.25) is 0 Å². The van der Waals surface area contributed by atoms with Gasteiger partial charge in [0.05, 0.1) is 0 Å². The van der Waals surface area contributed by atoms with E-state index in [0.29, 0.717) is 12.0 Å². The Kier molecular flexibility index (Phi) is 4.15. The summed E-state index contributed by atoms with van der Waals surface area (Å²) < 4.78 is 37.8. The molecular formula is C11H14F3N. The normalized spacial score (nSPS) is 13.2. The number of benzene rings is 1. The average Bonchev–Trinajstić information content (AvgIpc) is 2.17. The predicted octanol–water partition coefficient (Wildman–Crippen LogP) is 3.56. The summed E-state index contributed by atoms with van der Waals surface area (Å²) in [6, 6.07) is 3.01. The van der Waals surface area contributed by atoms with Crippen molar-refractivity contribution >= 4 is 0 Å². The topological polar surface area (TPSA) is 26.0 Å². The van der Waals surface area contributed by atoms with Gasteiger partial charge in [-0.1, -0.05) is 25.5 Å². The third-order valence-corrected chi connectivity index (χ3v) is 2.28. The van der Waals surface area contributed by atoms with E-state index < -0.39 is 18.3 Å². The first-order valence-corrected chi connectivity index (χ1v) is 4.89. The maximum Gasteiger partial charge on any atom is 0.263 e. The zero-order chi connectivity index (χ0) is 11.4. The van der Waals surface area contributed by atoms with Gasteiger partial charge in [-0.25, -0.2) is 13.2 Å². The van der Waals surface area contributed by atoms with Crippen LogP contribution in [-0.4, -0.2) is 0 Å². The van der Waals surface area contributed by atoms with Crippen LogP contribution in [0.15, 0.2) is 18.2 Å². The molecular weight excluding hydrogens is 203 g/mol. The molecule has 0 saturated carbocycles. The zero-order valence-corrected chi connectivity index (χ0v) is 8.51. The Morgan fingerprint density at radius 3 is 2.47 bits per heavy atom. The highest BCUT2D eigenvalue weighted by molar-refractivity contribution is 5.27. The molecule has 0 heterocycles. The van der Waals surface area contributed by atoms with Crippen molar-refractivity contribution in [2.45, 2.75) is 32.2 Å². The fourth-order valence-corrected chi connectivity index (χ4v) is 1.45. The highest BCUT2D eigenvalue weighted by Gasteiger charge is 2.14. The number of hydrogen-bond donors (Lipinski definition) is 1. The molecule has 1 nitrogen and oxygen atoms in total. The van der Waals surface area contributed by atoms with E-state index in [4.69, 9.17) is 5.73 Å². The molecule has 0 radical (unpaired) electrons. The van der Waals surface area contributed by atoms with Gasteiger partial charge in [0.25, 0.3) is 6.43 Å². The lowest BCUT2D eigenvalue weighted by molar-refractivity contribution is 0.151. The van der Waals surface area contributed by atoms with Gasteiger partial charge >= 0.3 is 0 Å². The third kappa shape index (κ3) is 2.96. The van der Waals surface area contributed by atoms with Crippen LogP contribution in [0, 0.1) is 5.82 Å². The van der Waals surface area contributed by atoms with Crippen molar-refractivity contribution in [3.63, 3.8) is 0 Å². The fraction of sp³-hybridized carbons (Fsp3) is 0.455. The van der Waals surface area contributed by atoms with Crippen molar-refractivity contribution in [3.8, 4) is 0 Å². The second kappa shape index (κ2) is 5.16. The smallest absolute Gasteiger partial charge is 0.263 e. The fourth-order valence-electron chi connectivity index (χ4n) is 1.45. The van der Waals surface area contributed by atoms with E-state index in [1.807, 2.05) is 6.92 Å². The van der Waals surface area contributed by atoms with E-state index in [-0.39, 0.29) is 5.56 Å². The van der Waals surface area contributed by atoms with Crippen LogP contribution in [-0.2, 0) is 0 Å². The second-order valence-electron chi connectivity index (χ2n) is 3.48. The minimum Gasteiger partial charge on any atom is -0.324 e. The van der Waals surface area contributed by atoms with Crippen molar-refractivity contribution in [1.29, 1.82) is 0 Å². The predicted molar refractivity (Wildman–Crippen MR) is 53.2 cm³/mol.